The summed E-state index contributed by atoms with van der Waals surface area (Å²) in [7, 11) is -1.83. The van der Waals surface area contributed by atoms with E-state index in [1.165, 1.54) is 32.6 Å². The molecule has 0 unspecified atom stereocenters. The highest BCUT2D eigenvalue weighted by Gasteiger charge is 2.50. The molecule has 0 nitrogen and oxygen atoms in total. The zero-order valence-electron chi connectivity index (χ0n) is 15.0. The molecule has 0 bridgehead atoms. The largest absolute Gasteiger partial charge is 0.138 e. The first-order chi connectivity index (χ1) is 13.4. The van der Waals surface area contributed by atoms with Gasteiger partial charge in [0.15, 0.2) is 0 Å². The van der Waals surface area contributed by atoms with Gasteiger partial charge in [-0.05, 0) is 35.9 Å². The van der Waals surface area contributed by atoms with Crippen LogP contribution in [0.1, 0.15) is 11.1 Å². The summed E-state index contributed by atoms with van der Waals surface area (Å²) in [5, 5.41) is 4.28. The highest BCUT2D eigenvalue weighted by atomic mass is 31.2. The van der Waals surface area contributed by atoms with Crippen molar-refractivity contribution in [2.45, 2.75) is 0 Å². The van der Waals surface area contributed by atoms with E-state index in [1.54, 1.807) is 0 Å². The number of rotatable bonds is 3. The molecule has 4 aromatic rings. The average Bonchev–Trinajstić information content (AvgIpc) is 3.12. The van der Waals surface area contributed by atoms with Gasteiger partial charge in [0.1, 0.15) is 23.2 Å². The number of benzene rings is 4. The van der Waals surface area contributed by atoms with E-state index in [9.17, 15) is 0 Å². The fourth-order valence-electron chi connectivity index (χ4n) is 4.09. The molecule has 27 heavy (non-hydrogen) atoms. The molecule has 1 aliphatic rings. The minimum absolute atomic E-state index is 1.29. The lowest BCUT2D eigenvalue weighted by molar-refractivity contribution is 1.59. The van der Waals surface area contributed by atoms with E-state index in [-0.39, 0.29) is 0 Å². The highest BCUT2D eigenvalue weighted by molar-refractivity contribution is 7.98. The van der Waals surface area contributed by atoms with Crippen molar-refractivity contribution in [2.75, 3.05) is 0 Å². The van der Waals surface area contributed by atoms with Gasteiger partial charge in [-0.3, -0.25) is 0 Å². The standard InChI is InChI=1S/C26H20P/c1-4-12-21(13-5-1)25-20-27(22-14-6-2-7-15-22,23-16-8-3-9-17-23)26-19-11-10-18-24(25)26/h1-20H/q+1. The molecule has 0 saturated heterocycles. The van der Waals surface area contributed by atoms with Crippen LogP contribution in [0.4, 0.5) is 0 Å². The molecule has 0 amide bonds. The van der Waals surface area contributed by atoms with E-state index in [1.807, 2.05) is 0 Å². The third kappa shape index (κ3) is 2.57. The smallest absolute Gasteiger partial charge is 0.0622 e. The molecule has 1 heterocycles. The second kappa shape index (κ2) is 6.65. The summed E-state index contributed by atoms with van der Waals surface area (Å²) in [6.45, 7) is 0. The molecule has 4 aromatic carbocycles. The predicted molar refractivity (Wildman–Crippen MR) is 119 cm³/mol. The van der Waals surface area contributed by atoms with E-state index in [0.29, 0.717) is 0 Å². The molecule has 0 spiro atoms. The zero-order valence-corrected chi connectivity index (χ0v) is 15.9. The van der Waals surface area contributed by atoms with E-state index in [0.717, 1.165) is 0 Å². The fraction of sp³-hybridized carbons (Fsp3) is 0. The second-order valence-corrected chi connectivity index (χ2v) is 10.0. The van der Waals surface area contributed by atoms with Gasteiger partial charge in [-0.2, -0.15) is 0 Å². The molecule has 0 aromatic heterocycles. The van der Waals surface area contributed by atoms with Crippen LogP contribution in [0.5, 0.6) is 0 Å². The van der Waals surface area contributed by atoms with Gasteiger partial charge in [0.2, 0.25) is 0 Å². The van der Waals surface area contributed by atoms with Gasteiger partial charge < -0.3 is 0 Å². The van der Waals surface area contributed by atoms with Crippen molar-refractivity contribution in [3.63, 3.8) is 0 Å². The molecule has 0 saturated carbocycles. The normalized spacial score (nSPS) is 14.4. The third-order valence-electron chi connectivity index (χ3n) is 5.31. The Morgan fingerprint density at radius 2 is 0.926 bits per heavy atom. The predicted octanol–water partition coefficient (Wildman–Crippen LogP) is 5.38. The third-order valence-corrected chi connectivity index (χ3v) is 9.33. The topological polar surface area (TPSA) is 0 Å². The van der Waals surface area contributed by atoms with Crippen LogP contribution >= 0.6 is 7.26 Å². The van der Waals surface area contributed by atoms with Gasteiger partial charge >= 0.3 is 0 Å². The van der Waals surface area contributed by atoms with Crippen LogP contribution in [0.15, 0.2) is 121 Å². The Kier molecular flexibility index (Phi) is 4.00. The number of hydrogen-bond acceptors (Lipinski definition) is 0. The molecular formula is C26H20P+. The van der Waals surface area contributed by atoms with Crippen LogP contribution in [-0.2, 0) is 0 Å². The lowest BCUT2D eigenvalue weighted by atomic mass is 10.00. The molecule has 0 aliphatic carbocycles. The summed E-state index contributed by atoms with van der Waals surface area (Å²) in [5.74, 6) is 2.57. The quantitative estimate of drug-likeness (QED) is 0.429. The summed E-state index contributed by atoms with van der Waals surface area (Å²) < 4.78 is 0. The summed E-state index contributed by atoms with van der Waals surface area (Å²) in [5.41, 5.74) is 4.01. The Morgan fingerprint density at radius 1 is 0.444 bits per heavy atom. The minimum atomic E-state index is -1.83. The van der Waals surface area contributed by atoms with Crippen molar-refractivity contribution in [2.24, 2.45) is 0 Å². The van der Waals surface area contributed by atoms with Gasteiger partial charge in [0.05, 0.1) is 5.82 Å². The Hall–Kier alpha value is -2.95. The van der Waals surface area contributed by atoms with Crippen LogP contribution in [0.3, 0.4) is 0 Å². The average molecular weight is 363 g/mol. The lowest BCUT2D eigenvalue weighted by Crippen LogP contribution is -2.28. The maximum absolute atomic E-state index is 2.57. The molecule has 5 rings (SSSR count). The van der Waals surface area contributed by atoms with Crippen molar-refractivity contribution in [3.05, 3.63) is 132 Å². The molecule has 0 atom stereocenters. The van der Waals surface area contributed by atoms with Crippen LogP contribution in [0, 0.1) is 0 Å². The maximum Gasteiger partial charge on any atom is 0.138 e. The van der Waals surface area contributed by atoms with E-state index < -0.39 is 7.26 Å². The molecule has 128 valence electrons. The molecule has 1 heteroatoms. The molecule has 0 radical (unpaired) electrons. The Labute approximate surface area is 161 Å². The molecular weight excluding hydrogens is 343 g/mol. The van der Waals surface area contributed by atoms with E-state index in [4.69, 9.17) is 0 Å². The van der Waals surface area contributed by atoms with Crippen molar-refractivity contribution in [1.82, 2.24) is 0 Å². The van der Waals surface area contributed by atoms with Gasteiger partial charge in [0, 0.05) is 11.1 Å². The number of hydrogen-bond donors (Lipinski definition) is 0. The van der Waals surface area contributed by atoms with Crippen molar-refractivity contribution < 1.29 is 0 Å². The van der Waals surface area contributed by atoms with Crippen LogP contribution in [0.2, 0.25) is 0 Å². The molecule has 0 N–H and O–H groups in total. The maximum atomic E-state index is 2.57. The summed E-state index contributed by atoms with van der Waals surface area (Å²) in [6, 6.07) is 41.8. The van der Waals surface area contributed by atoms with Crippen molar-refractivity contribution >= 4 is 28.7 Å². The Morgan fingerprint density at radius 3 is 1.52 bits per heavy atom. The lowest BCUT2D eigenvalue weighted by Gasteiger charge is -2.21. The second-order valence-electron chi connectivity index (χ2n) is 6.82. The SMILES string of the molecule is C1=C(c2ccccc2)c2ccccc2[P+]1(c1ccccc1)c1ccccc1. The highest BCUT2D eigenvalue weighted by Crippen LogP contribution is 2.63. The zero-order chi connectivity index (χ0) is 18.1. The first-order valence-corrected chi connectivity index (χ1v) is 11.1. The first-order valence-electron chi connectivity index (χ1n) is 9.28. The molecule has 1 aliphatic heterocycles. The van der Waals surface area contributed by atoms with Gasteiger partial charge in [-0.25, -0.2) is 0 Å². The number of fused-ring (bicyclic) bond motifs is 1. The minimum Gasteiger partial charge on any atom is -0.0622 e. The van der Waals surface area contributed by atoms with Gasteiger partial charge in [-0.1, -0.05) is 84.9 Å². The first kappa shape index (κ1) is 16.2. The molecule has 0 fully saturated rings. The summed E-state index contributed by atoms with van der Waals surface area (Å²) in [4.78, 5) is 0. The van der Waals surface area contributed by atoms with Crippen LogP contribution < -0.4 is 15.9 Å². The fourth-order valence-corrected chi connectivity index (χ4v) is 8.24. The van der Waals surface area contributed by atoms with Gasteiger partial charge in [-0.15, -0.1) is 0 Å². The monoisotopic (exact) mass is 363 g/mol. The Balaban J connectivity index is 1.87. The van der Waals surface area contributed by atoms with Gasteiger partial charge in [0.25, 0.3) is 0 Å². The van der Waals surface area contributed by atoms with Crippen LogP contribution in [-0.4, -0.2) is 0 Å². The summed E-state index contributed by atoms with van der Waals surface area (Å²) in [6.07, 6.45) is 0. The summed E-state index contributed by atoms with van der Waals surface area (Å²) >= 11 is 0. The Bertz CT molecular complexity index is 1060. The van der Waals surface area contributed by atoms with Crippen LogP contribution in [0.25, 0.3) is 5.57 Å². The van der Waals surface area contributed by atoms with Crippen molar-refractivity contribution in [3.8, 4) is 0 Å². The van der Waals surface area contributed by atoms with E-state index >= 15 is 0 Å². The van der Waals surface area contributed by atoms with Crippen molar-refractivity contribution in [1.29, 1.82) is 0 Å². The van der Waals surface area contributed by atoms with E-state index in [2.05, 4.69) is 121 Å².